The molecule has 0 saturated heterocycles. The molecule has 0 saturated carbocycles. The maximum atomic E-state index is 8.75. The molecule has 14 nitrogen and oxygen atoms in total. The van der Waals surface area contributed by atoms with Gasteiger partial charge in [0.1, 0.15) is 11.5 Å². The van der Waals surface area contributed by atoms with E-state index in [1.165, 1.54) is 0 Å². The third-order valence-corrected chi connectivity index (χ3v) is 7.32. The quantitative estimate of drug-likeness (QED) is 0.0959. The van der Waals surface area contributed by atoms with Crippen molar-refractivity contribution in [2.45, 2.75) is 13.8 Å². The van der Waals surface area contributed by atoms with Crippen molar-refractivity contribution in [2.24, 2.45) is 0 Å². The van der Waals surface area contributed by atoms with Gasteiger partial charge in [-0.25, -0.2) is 9.97 Å². The van der Waals surface area contributed by atoms with Crippen LogP contribution < -0.4 is 20.1 Å². The van der Waals surface area contributed by atoms with Gasteiger partial charge in [0.15, 0.2) is 11.3 Å². The fourth-order valence-corrected chi connectivity index (χ4v) is 5.17. The molecule has 0 radical (unpaired) electrons. The van der Waals surface area contributed by atoms with Crippen molar-refractivity contribution < 1.29 is 29.2 Å². The lowest BCUT2D eigenvalue weighted by Gasteiger charge is -2.12. The summed E-state index contributed by atoms with van der Waals surface area (Å²) in [5.41, 5.74) is 6.89. The number of rotatable bonds is 14. The second kappa shape index (κ2) is 15.5. The summed E-state index contributed by atoms with van der Waals surface area (Å²) in [6.07, 6.45) is 0. The van der Waals surface area contributed by atoms with E-state index in [0.29, 0.717) is 50.8 Å². The number of aryl methyl sites for hydroxylation is 2. The van der Waals surface area contributed by atoms with E-state index < -0.39 is 0 Å². The predicted octanol–water partition coefficient (Wildman–Crippen LogP) is 3.70. The number of ether oxygens (including phenoxy) is 4. The van der Waals surface area contributed by atoms with E-state index in [0.717, 1.165) is 66.8 Å². The first-order valence-corrected chi connectivity index (χ1v) is 15.0. The number of pyridine rings is 2. The van der Waals surface area contributed by atoms with Crippen molar-refractivity contribution in [3.63, 3.8) is 0 Å². The summed E-state index contributed by atoms with van der Waals surface area (Å²) >= 11 is 0. The Morgan fingerprint density at radius 2 is 1.09 bits per heavy atom. The normalized spacial score (nSPS) is 11.3. The number of fused-ring (bicyclic) bond motifs is 4. The first-order chi connectivity index (χ1) is 22.5. The minimum absolute atomic E-state index is 0.0282. The van der Waals surface area contributed by atoms with E-state index in [4.69, 9.17) is 29.2 Å². The van der Waals surface area contributed by atoms with Gasteiger partial charge in [0.2, 0.25) is 0 Å². The Morgan fingerprint density at radius 3 is 1.48 bits per heavy atom. The largest absolute Gasteiger partial charge is 0.497 e. The highest BCUT2D eigenvalue weighted by molar-refractivity contribution is 6.08. The zero-order valence-corrected chi connectivity index (χ0v) is 26.4. The lowest BCUT2D eigenvalue weighted by Crippen LogP contribution is -2.12. The smallest absolute Gasteiger partial charge is 0.183 e. The number of nitrogens with one attached hydrogen (secondary N) is 4. The van der Waals surface area contributed by atoms with Gasteiger partial charge in [-0.05, 0) is 50.2 Å². The zero-order valence-electron chi connectivity index (χ0n) is 26.4. The molecule has 46 heavy (non-hydrogen) atoms. The molecule has 0 unspecified atom stereocenters. The third-order valence-electron chi connectivity index (χ3n) is 7.32. The first-order valence-electron chi connectivity index (χ1n) is 15.0. The van der Waals surface area contributed by atoms with Gasteiger partial charge in [-0.2, -0.15) is 10.2 Å². The van der Waals surface area contributed by atoms with Crippen molar-refractivity contribution in [3.05, 3.63) is 47.8 Å². The number of aliphatic hydroxyl groups is 2. The van der Waals surface area contributed by atoms with Crippen LogP contribution in [0.2, 0.25) is 0 Å². The molecule has 0 fully saturated rings. The van der Waals surface area contributed by atoms with Crippen LogP contribution in [0.5, 0.6) is 11.5 Å². The lowest BCUT2D eigenvalue weighted by molar-refractivity contribution is 0.0992. The molecule has 6 aromatic rings. The summed E-state index contributed by atoms with van der Waals surface area (Å²) in [6, 6.07) is 11.5. The highest BCUT2D eigenvalue weighted by atomic mass is 16.5. The van der Waals surface area contributed by atoms with Crippen molar-refractivity contribution in [3.8, 4) is 11.5 Å². The Balaban J connectivity index is 0.000000181. The highest BCUT2D eigenvalue weighted by Crippen LogP contribution is 2.35. The first kappa shape index (κ1) is 32.6. The predicted molar refractivity (Wildman–Crippen MR) is 178 cm³/mol. The van der Waals surface area contributed by atoms with Crippen LogP contribution in [0.3, 0.4) is 0 Å². The van der Waals surface area contributed by atoms with E-state index in [1.807, 2.05) is 50.2 Å². The zero-order chi connectivity index (χ0) is 32.5. The van der Waals surface area contributed by atoms with Crippen LogP contribution in [0, 0.1) is 13.8 Å². The molecule has 4 heterocycles. The Morgan fingerprint density at radius 1 is 0.652 bits per heavy atom. The van der Waals surface area contributed by atoms with Gasteiger partial charge in [0.25, 0.3) is 0 Å². The average molecular weight is 633 g/mol. The maximum absolute atomic E-state index is 8.75. The van der Waals surface area contributed by atoms with Crippen LogP contribution in [-0.2, 0) is 9.47 Å². The fraction of sp³-hybridized carbons (Fsp3) is 0.375. The molecule has 6 N–H and O–H groups in total. The van der Waals surface area contributed by atoms with E-state index in [-0.39, 0.29) is 13.2 Å². The van der Waals surface area contributed by atoms with E-state index in [2.05, 4.69) is 41.0 Å². The lowest BCUT2D eigenvalue weighted by atomic mass is 10.1. The molecule has 0 bridgehead atoms. The average Bonchev–Trinajstić information content (AvgIpc) is 3.64. The van der Waals surface area contributed by atoms with Gasteiger partial charge >= 0.3 is 0 Å². The number of aromatic amines is 2. The Hall–Kier alpha value is -4.76. The van der Waals surface area contributed by atoms with Gasteiger partial charge in [0.05, 0.1) is 87.0 Å². The Kier molecular flexibility index (Phi) is 11.0. The van der Waals surface area contributed by atoms with Crippen LogP contribution in [0.1, 0.15) is 11.4 Å². The van der Waals surface area contributed by atoms with E-state index in [9.17, 15) is 0 Å². The van der Waals surface area contributed by atoms with Crippen LogP contribution >= 0.6 is 0 Å². The molecule has 0 atom stereocenters. The minimum Gasteiger partial charge on any atom is -0.497 e. The standard InChI is InChI=1S/2C16H20N4O3/c2*1-10-14-15(17-5-7-23-8-6-21)12-9-11(22-2)3-4-13(12)18-16(14)20-19-10/h2*3-4,9,21H,5-8H2,1-2H3,(H2,17,18,19,20). The molecular formula is C32H40N8O6. The minimum atomic E-state index is 0.0282. The summed E-state index contributed by atoms with van der Waals surface area (Å²) in [5, 5.41) is 42.7. The number of methoxy groups -OCH3 is 2. The van der Waals surface area contributed by atoms with Gasteiger partial charge in [-0.15, -0.1) is 0 Å². The van der Waals surface area contributed by atoms with Gasteiger partial charge in [-0.1, -0.05) is 0 Å². The Bertz CT molecular complexity index is 1770. The second-order valence-corrected chi connectivity index (χ2v) is 10.4. The van der Waals surface area contributed by atoms with Crippen molar-refractivity contribution in [1.29, 1.82) is 0 Å². The van der Waals surface area contributed by atoms with Crippen LogP contribution in [-0.4, -0.2) is 108 Å². The molecule has 244 valence electrons. The van der Waals surface area contributed by atoms with Crippen molar-refractivity contribution in [2.75, 3.05) is 77.6 Å². The van der Waals surface area contributed by atoms with Gasteiger partial charge in [-0.3, -0.25) is 10.2 Å². The summed E-state index contributed by atoms with van der Waals surface area (Å²) in [7, 11) is 3.29. The topological polar surface area (TPSA) is 185 Å². The molecule has 0 aliphatic rings. The Labute approximate surface area is 265 Å². The third kappa shape index (κ3) is 7.21. The molecular weight excluding hydrogens is 592 g/mol. The van der Waals surface area contributed by atoms with Crippen LogP contribution in [0.25, 0.3) is 43.9 Å². The van der Waals surface area contributed by atoms with Crippen LogP contribution in [0.4, 0.5) is 11.4 Å². The van der Waals surface area contributed by atoms with Gasteiger partial charge in [0, 0.05) is 35.2 Å². The summed E-state index contributed by atoms with van der Waals surface area (Å²) in [5.74, 6) is 1.55. The summed E-state index contributed by atoms with van der Waals surface area (Å²) in [4.78, 5) is 9.18. The number of hydrogen-bond acceptors (Lipinski definition) is 12. The van der Waals surface area contributed by atoms with E-state index >= 15 is 0 Å². The molecule has 0 aliphatic heterocycles. The number of H-pyrrole nitrogens is 2. The molecule has 14 heteroatoms. The van der Waals surface area contributed by atoms with Crippen molar-refractivity contribution in [1.82, 2.24) is 30.4 Å². The number of nitrogens with zero attached hydrogens (tertiary/aromatic N) is 4. The fourth-order valence-electron chi connectivity index (χ4n) is 5.17. The number of hydrogen-bond donors (Lipinski definition) is 6. The van der Waals surface area contributed by atoms with E-state index in [1.54, 1.807) is 14.2 Å². The molecule has 0 amide bonds. The second-order valence-electron chi connectivity index (χ2n) is 10.4. The molecule has 6 rings (SSSR count). The number of aromatic nitrogens is 6. The molecule has 4 aromatic heterocycles. The summed E-state index contributed by atoms with van der Waals surface area (Å²) < 4.78 is 21.3. The number of benzene rings is 2. The highest BCUT2D eigenvalue weighted by Gasteiger charge is 2.16. The number of anilines is 2. The molecule has 2 aromatic carbocycles. The van der Waals surface area contributed by atoms with Crippen LogP contribution in [0.15, 0.2) is 36.4 Å². The SMILES string of the molecule is COc1ccc2nc3n[nH]c(C)c3c(NCCOCCO)c2c1.COc1ccc2nc3n[nH]c(C)c3c(NCCOCCO)c2c1. The van der Waals surface area contributed by atoms with Crippen molar-refractivity contribution >= 4 is 55.2 Å². The monoisotopic (exact) mass is 632 g/mol. The molecule has 0 aliphatic carbocycles. The maximum Gasteiger partial charge on any atom is 0.183 e. The van der Waals surface area contributed by atoms with Gasteiger partial charge < -0.3 is 39.8 Å². The molecule has 0 spiro atoms. The summed E-state index contributed by atoms with van der Waals surface area (Å²) in [6.45, 7) is 6.93. The number of aliphatic hydroxyl groups excluding tert-OH is 2.